The van der Waals surface area contributed by atoms with Gasteiger partial charge in [-0.1, -0.05) is 46.3 Å². The van der Waals surface area contributed by atoms with Gasteiger partial charge in [0.25, 0.3) is 0 Å². The van der Waals surface area contributed by atoms with Gasteiger partial charge in [0, 0.05) is 36.5 Å². The molecule has 10 atom stereocenters. The Morgan fingerprint density at radius 3 is 2.20 bits per heavy atom. The molecule has 8 heteroatoms. The van der Waals surface area contributed by atoms with Crippen LogP contribution < -0.4 is 0 Å². The predicted molar refractivity (Wildman–Crippen MR) is 149 cm³/mol. The highest BCUT2D eigenvalue weighted by atomic mass is 16.6. The van der Waals surface area contributed by atoms with Crippen LogP contribution in [0, 0.1) is 39.4 Å². The zero-order valence-corrected chi connectivity index (χ0v) is 25.7. The minimum Gasteiger partial charge on any atom is -0.460 e. The number of ketones is 2. The topological polar surface area (TPSA) is 141 Å². The maximum Gasteiger partial charge on any atom is 0.303 e. The Balaban J connectivity index is 1.70. The van der Waals surface area contributed by atoms with E-state index in [1.807, 2.05) is 27.7 Å². The highest BCUT2D eigenvalue weighted by molar-refractivity contribution is 5.90. The molecule has 40 heavy (non-hydrogen) atoms. The maximum atomic E-state index is 14.3. The van der Waals surface area contributed by atoms with Crippen LogP contribution >= 0.6 is 0 Å². The number of carbonyl (C=O) groups excluding carboxylic acids is 3. The molecule has 0 aromatic rings. The van der Waals surface area contributed by atoms with Crippen LogP contribution in [0.1, 0.15) is 101 Å². The van der Waals surface area contributed by atoms with Gasteiger partial charge in [0.15, 0.2) is 5.78 Å². The van der Waals surface area contributed by atoms with E-state index in [-0.39, 0.29) is 36.9 Å². The molecule has 4 unspecified atom stereocenters. The standard InChI is InChI=1S/C32H50O8/c1-17(33)40-27(2,3)13-12-23(36)32(9,39)25-21(35)15-29(6)22-11-10-18-19(14-20(34)26(38)28(18,4)5)31(22,8)24(37)16-30(25,29)7/h10,19-22,25-26,34-35,38-39H,11-16H2,1-9H3/t19?,20?,21-,22?,25?,26-,29+,30-,31+,32+/m1/s1. The molecule has 0 aromatic carbocycles. The molecule has 226 valence electrons. The number of rotatable bonds is 6. The molecule has 4 aliphatic rings. The lowest BCUT2D eigenvalue weighted by Gasteiger charge is -2.65. The SMILES string of the molecule is CC(=O)OC(C)(C)CCC(=O)[C@](C)(O)C1[C@H](O)C[C@@]2(C)C3CC=C4C(CC(O)[C@@H](O)C4(C)C)[C@]3(C)C(=O)C[C@]12C. The quantitative estimate of drug-likeness (QED) is 0.285. The number of allylic oxidation sites excluding steroid dienone is 1. The Morgan fingerprint density at radius 2 is 1.62 bits per heavy atom. The normalized spacial score (nSPS) is 44.0. The van der Waals surface area contributed by atoms with Crippen LogP contribution in [-0.4, -0.2) is 67.5 Å². The van der Waals surface area contributed by atoms with E-state index in [4.69, 9.17) is 4.74 Å². The summed E-state index contributed by atoms with van der Waals surface area (Å²) < 4.78 is 5.32. The molecule has 3 fully saturated rings. The summed E-state index contributed by atoms with van der Waals surface area (Å²) in [6, 6.07) is 0. The van der Waals surface area contributed by atoms with Gasteiger partial charge in [0.05, 0.1) is 18.3 Å². The number of ether oxygens (including phenoxy) is 1. The molecular weight excluding hydrogens is 512 g/mol. The van der Waals surface area contributed by atoms with Crippen molar-refractivity contribution in [1.82, 2.24) is 0 Å². The van der Waals surface area contributed by atoms with Crippen LogP contribution in [0.2, 0.25) is 0 Å². The van der Waals surface area contributed by atoms with Crippen LogP contribution in [0.25, 0.3) is 0 Å². The molecule has 8 nitrogen and oxygen atoms in total. The molecule has 0 aliphatic heterocycles. The number of aliphatic hydroxyl groups excluding tert-OH is 3. The van der Waals surface area contributed by atoms with E-state index in [1.54, 1.807) is 13.8 Å². The van der Waals surface area contributed by atoms with Crippen LogP contribution in [0.3, 0.4) is 0 Å². The first-order chi connectivity index (χ1) is 18.1. The zero-order valence-electron chi connectivity index (χ0n) is 25.7. The Morgan fingerprint density at radius 1 is 1.02 bits per heavy atom. The van der Waals surface area contributed by atoms with Crippen LogP contribution in [0.15, 0.2) is 11.6 Å². The van der Waals surface area contributed by atoms with E-state index in [2.05, 4.69) is 13.0 Å². The third kappa shape index (κ3) is 4.26. The fourth-order valence-corrected chi connectivity index (χ4v) is 9.83. The lowest BCUT2D eigenvalue weighted by Crippen LogP contribution is -2.65. The number of esters is 1. The van der Waals surface area contributed by atoms with Crippen LogP contribution in [0.4, 0.5) is 0 Å². The Kier molecular flexibility index (Phi) is 7.40. The van der Waals surface area contributed by atoms with E-state index in [9.17, 15) is 34.8 Å². The van der Waals surface area contributed by atoms with Crippen molar-refractivity contribution in [1.29, 1.82) is 0 Å². The van der Waals surface area contributed by atoms with Gasteiger partial charge in [-0.05, 0) is 69.1 Å². The second-order valence-electron chi connectivity index (χ2n) is 15.4. The van der Waals surface area contributed by atoms with Crippen molar-refractivity contribution in [3.05, 3.63) is 11.6 Å². The van der Waals surface area contributed by atoms with Crippen molar-refractivity contribution in [3.8, 4) is 0 Å². The lowest BCUT2D eigenvalue weighted by molar-refractivity contribution is -0.188. The van der Waals surface area contributed by atoms with Crippen molar-refractivity contribution in [3.63, 3.8) is 0 Å². The summed E-state index contributed by atoms with van der Waals surface area (Å²) >= 11 is 0. The number of Topliss-reactive ketones (excluding diaryl/α,β-unsaturated/α-hetero) is 2. The molecule has 0 radical (unpaired) electrons. The molecule has 0 aromatic heterocycles. The van der Waals surface area contributed by atoms with Crippen molar-refractivity contribution in [2.75, 3.05) is 0 Å². The van der Waals surface area contributed by atoms with Crippen molar-refractivity contribution >= 4 is 17.5 Å². The molecule has 0 saturated heterocycles. The largest absolute Gasteiger partial charge is 0.460 e. The molecule has 0 spiro atoms. The van der Waals surface area contributed by atoms with Gasteiger partial charge in [-0.25, -0.2) is 0 Å². The average molecular weight is 563 g/mol. The first kappa shape index (κ1) is 31.3. The predicted octanol–water partition coefficient (Wildman–Crippen LogP) is 3.52. The summed E-state index contributed by atoms with van der Waals surface area (Å²) in [4.78, 5) is 39.4. The van der Waals surface area contributed by atoms with Crippen molar-refractivity contribution < 1.29 is 39.5 Å². The van der Waals surface area contributed by atoms with Crippen molar-refractivity contribution in [2.24, 2.45) is 39.4 Å². The molecular formula is C32H50O8. The summed E-state index contributed by atoms with van der Waals surface area (Å²) in [5.41, 5.74) is -4.68. The number of fused-ring (bicyclic) bond motifs is 5. The van der Waals surface area contributed by atoms with Crippen LogP contribution in [-0.2, 0) is 19.1 Å². The Bertz CT molecular complexity index is 1120. The number of aliphatic hydroxyl groups is 4. The van der Waals surface area contributed by atoms with Gasteiger partial charge in [-0.2, -0.15) is 0 Å². The van der Waals surface area contributed by atoms with E-state index in [0.29, 0.717) is 19.3 Å². The number of hydrogen-bond acceptors (Lipinski definition) is 8. The summed E-state index contributed by atoms with van der Waals surface area (Å²) in [5, 5.41) is 45.0. The van der Waals surface area contributed by atoms with Gasteiger partial charge >= 0.3 is 5.97 Å². The smallest absolute Gasteiger partial charge is 0.303 e. The van der Waals surface area contributed by atoms with E-state index >= 15 is 0 Å². The van der Waals surface area contributed by atoms with Gasteiger partial charge in [0.2, 0.25) is 0 Å². The second kappa shape index (κ2) is 9.45. The molecule has 4 rings (SSSR count). The monoisotopic (exact) mass is 562 g/mol. The lowest BCUT2D eigenvalue weighted by atomic mass is 9.38. The van der Waals surface area contributed by atoms with Gasteiger partial charge in [-0.15, -0.1) is 0 Å². The molecule has 4 aliphatic carbocycles. The minimum absolute atomic E-state index is 0.0193. The summed E-state index contributed by atoms with van der Waals surface area (Å²) in [6.45, 7) is 16.1. The van der Waals surface area contributed by atoms with Gasteiger partial charge < -0.3 is 25.2 Å². The molecule has 4 N–H and O–H groups in total. The maximum absolute atomic E-state index is 14.3. The van der Waals surface area contributed by atoms with E-state index < -0.39 is 68.8 Å². The van der Waals surface area contributed by atoms with E-state index in [1.165, 1.54) is 13.8 Å². The number of carbonyl (C=O) groups is 3. The van der Waals surface area contributed by atoms with Gasteiger partial charge in [0.1, 0.15) is 17.0 Å². The van der Waals surface area contributed by atoms with E-state index in [0.717, 1.165) is 5.57 Å². The average Bonchev–Trinajstić information content (AvgIpc) is 3.01. The Labute approximate surface area is 238 Å². The third-order valence-electron chi connectivity index (χ3n) is 12.2. The first-order valence-corrected chi connectivity index (χ1v) is 14.8. The number of hydrogen-bond donors (Lipinski definition) is 4. The summed E-state index contributed by atoms with van der Waals surface area (Å²) in [5.74, 6) is -2.15. The zero-order chi connectivity index (χ0) is 30.4. The fraction of sp³-hybridized carbons (Fsp3) is 0.844. The first-order valence-electron chi connectivity index (χ1n) is 14.8. The highest BCUT2D eigenvalue weighted by Crippen LogP contribution is 2.74. The molecule has 3 saturated carbocycles. The minimum atomic E-state index is -1.89. The Hall–Kier alpha value is -1.61. The third-order valence-corrected chi connectivity index (χ3v) is 12.2. The van der Waals surface area contributed by atoms with Crippen LogP contribution in [0.5, 0.6) is 0 Å². The second-order valence-corrected chi connectivity index (χ2v) is 15.4. The molecule has 0 heterocycles. The highest BCUT2D eigenvalue weighted by Gasteiger charge is 2.74. The summed E-state index contributed by atoms with van der Waals surface area (Å²) in [7, 11) is 0. The van der Waals surface area contributed by atoms with Gasteiger partial charge in [-0.3, -0.25) is 14.4 Å². The fourth-order valence-electron chi connectivity index (χ4n) is 9.83. The molecule has 0 amide bonds. The molecule has 0 bridgehead atoms. The summed E-state index contributed by atoms with van der Waals surface area (Å²) in [6.07, 6.45) is 0.776. The van der Waals surface area contributed by atoms with Crippen molar-refractivity contribution in [2.45, 2.75) is 130 Å².